The minimum absolute atomic E-state index is 0.0924. The molecule has 0 atom stereocenters. The highest BCUT2D eigenvalue weighted by Crippen LogP contribution is 2.24. The third-order valence-electron chi connectivity index (χ3n) is 2.82. The first-order valence-electron chi connectivity index (χ1n) is 6.80. The highest BCUT2D eigenvalue weighted by molar-refractivity contribution is 7.99. The predicted molar refractivity (Wildman–Crippen MR) is 84.3 cm³/mol. The Kier molecular flexibility index (Phi) is 6.08. The second kappa shape index (κ2) is 8.05. The Balaban J connectivity index is 1.79. The van der Waals surface area contributed by atoms with Crippen molar-refractivity contribution < 1.29 is 27.1 Å². The van der Waals surface area contributed by atoms with Gasteiger partial charge in [0.15, 0.2) is 0 Å². The number of carbonyl (C=O) groups is 1. The maximum absolute atomic E-state index is 13.4. The van der Waals surface area contributed by atoms with Gasteiger partial charge in [-0.05, 0) is 35.9 Å². The van der Waals surface area contributed by atoms with E-state index in [1.165, 1.54) is 30.0 Å². The van der Waals surface area contributed by atoms with E-state index >= 15 is 0 Å². The summed E-state index contributed by atoms with van der Waals surface area (Å²) in [5.74, 6) is -0.589. The Bertz CT molecular complexity index is 689. The number of nitrogens with one attached hydrogen (secondary N) is 1. The summed E-state index contributed by atoms with van der Waals surface area (Å²) in [5, 5.41) is 2.54. The number of benzene rings is 2. The highest BCUT2D eigenvalue weighted by atomic mass is 32.2. The predicted octanol–water partition coefficient (Wildman–Crippen LogP) is 4.60. The Morgan fingerprint density at radius 1 is 1.08 bits per heavy atom. The fourth-order valence-corrected chi connectivity index (χ4v) is 2.62. The van der Waals surface area contributed by atoms with Crippen molar-refractivity contribution in [2.24, 2.45) is 0 Å². The molecule has 0 spiro atoms. The van der Waals surface area contributed by atoms with Gasteiger partial charge in [-0.3, -0.25) is 4.79 Å². The molecular formula is C16H13F4NO2S. The summed E-state index contributed by atoms with van der Waals surface area (Å²) in [7, 11) is 0. The van der Waals surface area contributed by atoms with E-state index in [0.29, 0.717) is 17.0 Å². The van der Waals surface area contributed by atoms with Crippen LogP contribution >= 0.6 is 11.8 Å². The summed E-state index contributed by atoms with van der Waals surface area (Å²) >= 11 is 1.23. The van der Waals surface area contributed by atoms with Gasteiger partial charge in [0.1, 0.15) is 11.6 Å². The topological polar surface area (TPSA) is 38.3 Å². The third kappa shape index (κ3) is 6.11. The first-order valence-corrected chi connectivity index (χ1v) is 7.96. The maximum Gasteiger partial charge on any atom is 0.573 e. The van der Waals surface area contributed by atoms with E-state index in [1.807, 2.05) is 0 Å². The summed E-state index contributed by atoms with van der Waals surface area (Å²) in [6, 6.07) is 11.1. The molecule has 2 aromatic carbocycles. The van der Waals surface area contributed by atoms with Crippen LogP contribution in [0.2, 0.25) is 0 Å². The Labute approximate surface area is 140 Å². The normalized spacial score (nSPS) is 11.2. The zero-order valence-electron chi connectivity index (χ0n) is 12.3. The van der Waals surface area contributed by atoms with Gasteiger partial charge in [0.05, 0.1) is 5.75 Å². The number of hydrogen-bond donors (Lipinski definition) is 1. The number of alkyl halides is 3. The fraction of sp³-hybridized carbons (Fsp3) is 0.188. The molecule has 0 fully saturated rings. The molecule has 0 aromatic heterocycles. The Hall–Kier alpha value is -2.22. The standard InChI is InChI=1S/C16H13F4NO2S/c17-14-4-2-1-3-11(14)9-24-10-15(22)21-12-5-7-13(8-6-12)23-16(18,19)20/h1-8H,9-10H2,(H,21,22). The summed E-state index contributed by atoms with van der Waals surface area (Å²) in [6.07, 6.45) is -4.76. The van der Waals surface area contributed by atoms with E-state index in [0.717, 1.165) is 12.1 Å². The van der Waals surface area contributed by atoms with E-state index in [-0.39, 0.29) is 23.2 Å². The van der Waals surface area contributed by atoms with Crippen LogP contribution in [0.25, 0.3) is 0 Å². The van der Waals surface area contributed by atoms with E-state index in [4.69, 9.17) is 0 Å². The number of thioether (sulfide) groups is 1. The minimum Gasteiger partial charge on any atom is -0.406 e. The second-order valence-electron chi connectivity index (χ2n) is 4.70. The summed E-state index contributed by atoms with van der Waals surface area (Å²) in [5.41, 5.74) is 0.852. The molecule has 0 aliphatic heterocycles. The van der Waals surface area contributed by atoms with Gasteiger partial charge in [-0.25, -0.2) is 4.39 Å². The molecule has 2 rings (SSSR count). The lowest BCUT2D eigenvalue weighted by Gasteiger charge is -2.10. The van der Waals surface area contributed by atoms with Crippen LogP contribution in [0.15, 0.2) is 48.5 Å². The van der Waals surface area contributed by atoms with Gasteiger partial charge in [-0.1, -0.05) is 18.2 Å². The summed E-state index contributed by atoms with van der Waals surface area (Å²) < 4.78 is 53.3. The van der Waals surface area contributed by atoms with Crippen molar-refractivity contribution in [3.05, 3.63) is 59.9 Å². The van der Waals surface area contributed by atoms with Crippen molar-refractivity contribution in [1.29, 1.82) is 0 Å². The molecule has 0 bridgehead atoms. The van der Waals surface area contributed by atoms with Crippen molar-refractivity contribution in [2.45, 2.75) is 12.1 Å². The Morgan fingerprint density at radius 3 is 2.38 bits per heavy atom. The van der Waals surface area contributed by atoms with E-state index < -0.39 is 6.36 Å². The lowest BCUT2D eigenvalue weighted by Crippen LogP contribution is -2.17. The molecule has 0 saturated carbocycles. The molecule has 2 aromatic rings. The maximum atomic E-state index is 13.4. The van der Waals surface area contributed by atoms with Crippen LogP contribution in [-0.2, 0) is 10.5 Å². The summed E-state index contributed by atoms with van der Waals surface area (Å²) in [4.78, 5) is 11.8. The number of ether oxygens (including phenoxy) is 1. The molecule has 0 heterocycles. The van der Waals surface area contributed by atoms with Gasteiger partial charge in [0, 0.05) is 11.4 Å². The molecule has 128 valence electrons. The molecule has 8 heteroatoms. The van der Waals surface area contributed by atoms with Crippen LogP contribution in [0, 0.1) is 5.82 Å². The summed E-state index contributed by atoms with van der Waals surface area (Å²) in [6.45, 7) is 0. The Morgan fingerprint density at radius 2 is 1.75 bits per heavy atom. The van der Waals surface area contributed by atoms with Crippen LogP contribution in [0.5, 0.6) is 5.75 Å². The van der Waals surface area contributed by atoms with Crippen molar-refractivity contribution in [3.8, 4) is 5.75 Å². The minimum atomic E-state index is -4.76. The number of rotatable bonds is 6. The fourth-order valence-electron chi connectivity index (χ4n) is 1.81. The lowest BCUT2D eigenvalue weighted by molar-refractivity contribution is -0.274. The average Bonchev–Trinajstić information content (AvgIpc) is 2.50. The molecular weight excluding hydrogens is 346 g/mol. The molecule has 3 nitrogen and oxygen atoms in total. The zero-order chi connectivity index (χ0) is 17.6. The molecule has 0 radical (unpaired) electrons. The number of halogens is 4. The molecule has 1 N–H and O–H groups in total. The first kappa shape index (κ1) is 18.1. The van der Waals surface area contributed by atoms with Gasteiger partial charge >= 0.3 is 6.36 Å². The number of hydrogen-bond acceptors (Lipinski definition) is 3. The van der Waals surface area contributed by atoms with Crippen LogP contribution in [0.1, 0.15) is 5.56 Å². The molecule has 0 unspecified atom stereocenters. The molecule has 0 aliphatic carbocycles. The van der Waals surface area contributed by atoms with Crippen molar-refractivity contribution in [1.82, 2.24) is 0 Å². The van der Waals surface area contributed by atoms with Gasteiger partial charge in [-0.15, -0.1) is 24.9 Å². The van der Waals surface area contributed by atoms with E-state index in [2.05, 4.69) is 10.1 Å². The molecule has 0 saturated heterocycles. The SMILES string of the molecule is O=C(CSCc1ccccc1F)Nc1ccc(OC(F)(F)F)cc1. The van der Waals surface area contributed by atoms with E-state index in [1.54, 1.807) is 18.2 Å². The number of carbonyl (C=O) groups excluding carboxylic acids is 1. The number of anilines is 1. The van der Waals surface area contributed by atoms with Crippen LogP contribution in [-0.4, -0.2) is 18.0 Å². The van der Waals surface area contributed by atoms with Gasteiger partial charge in [0.2, 0.25) is 5.91 Å². The molecule has 0 aliphatic rings. The van der Waals surface area contributed by atoms with Gasteiger partial charge < -0.3 is 10.1 Å². The van der Waals surface area contributed by atoms with Crippen LogP contribution in [0.3, 0.4) is 0 Å². The highest BCUT2D eigenvalue weighted by Gasteiger charge is 2.30. The third-order valence-corrected chi connectivity index (χ3v) is 3.80. The van der Waals surface area contributed by atoms with Crippen molar-refractivity contribution in [3.63, 3.8) is 0 Å². The van der Waals surface area contributed by atoms with Gasteiger partial charge in [0.25, 0.3) is 0 Å². The van der Waals surface area contributed by atoms with Gasteiger partial charge in [-0.2, -0.15) is 0 Å². The van der Waals surface area contributed by atoms with Crippen LogP contribution < -0.4 is 10.1 Å². The molecule has 1 amide bonds. The lowest BCUT2D eigenvalue weighted by atomic mass is 10.2. The zero-order valence-corrected chi connectivity index (χ0v) is 13.1. The van der Waals surface area contributed by atoms with E-state index in [9.17, 15) is 22.4 Å². The first-order chi connectivity index (χ1) is 11.3. The largest absolute Gasteiger partial charge is 0.573 e. The second-order valence-corrected chi connectivity index (χ2v) is 5.69. The monoisotopic (exact) mass is 359 g/mol. The smallest absolute Gasteiger partial charge is 0.406 e. The van der Waals surface area contributed by atoms with Crippen molar-refractivity contribution in [2.75, 3.05) is 11.1 Å². The van der Waals surface area contributed by atoms with Crippen molar-refractivity contribution >= 4 is 23.4 Å². The van der Waals surface area contributed by atoms with Crippen LogP contribution in [0.4, 0.5) is 23.2 Å². The average molecular weight is 359 g/mol. The molecule has 24 heavy (non-hydrogen) atoms. The number of amides is 1. The quantitative estimate of drug-likeness (QED) is 0.767.